The van der Waals surface area contributed by atoms with Crippen molar-refractivity contribution in [3.05, 3.63) is 35.4 Å². The fourth-order valence-electron chi connectivity index (χ4n) is 1.95. The van der Waals surface area contributed by atoms with Crippen molar-refractivity contribution in [1.29, 1.82) is 0 Å². The standard InChI is InChI=1S/C15H26N2S/c1-16-10-9-14-5-7-15(8-6-14)13-17(2)11-4-12-18-3/h5-8,16H,4,9-13H2,1-3H3. The van der Waals surface area contributed by atoms with Crippen molar-refractivity contribution in [3.8, 4) is 0 Å². The van der Waals surface area contributed by atoms with Crippen LogP contribution in [0.4, 0.5) is 0 Å². The zero-order chi connectivity index (χ0) is 13.2. The predicted octanol–water partition coefficient (Wildman–Crippen LogP) is 2.63. The van der Waals surface area contributed by atoms with Gasteiger partial charge in [0.25, 0.3) is 0 Å². The van der Waals surface area contributed by atoms with E-state index in [1.165, 1.54) is 29.8 Å². The van der Waals surface area contributed by atoms with Crippen molar-refractivity contribution < 1.29 is 0 Å². The molecule has 0 saturated heterocycles. The summed E-state index contributed by atoms with van der Waals surface area (Å²) in [7, 11) is 4.20. The molecule has 1 aromatic rings. The summed E-state index contributed by atoms with van der Waals surface area (Å²) >= 11 is 1.93. The zero-order valence-electron chi connectivity index (χ0n) is 11.9. The minimum atomic E-state index is 1.05. The molecule has 0 fully saturated rings. The highest BCUT2D eigenvalue weighted by atomic mass is 32.2. The van der Waals surface area contributed by atoms with Crippen molar-refractivity contribution in [2.45, 2.75) is 19.4 Å². The third-order valence-corrected chi connectivity index (χ3v) is 3.72. The van der Waals surface area contributed by atoms with E-state index in [1.54, 1.807) is 0 Å². The van der Waals surface area contributed by atoms with Crippen LogP contribution in [-0.2, 0) is 13.0 Å². The average Bonchev–Trinajstić information content (AvgIpc) is 2.38. The fourth-order valence-corrected chi connectivity index (χ4v) is 2.37. The Morgan fingerprint density at radius 2 is 1.83 bits per heavy atom. The lowest BCUT2D eigenvalue weighted by molar-refractivity contribution is 0.328. The van der Waals surface area contributed by atoms with Crippen LogP contribution < -0.4 is 5.32 Å². The monoisotopic (exact) mass is 266 g/mol. The molecule has 1 aromatic carbocycles. The minimum absolute atomic E-state index is 1.05. The molecular weight excluding hydrogens is 240 g/mol. The topological polar surface area (TPSA) is 15.3 Å². The van der Waals surface area contributed by atoms with Gasteiger partial charge in [-0.3, -0.25) is 0 Å². The van der Waals surface area contributed by atoms with Gasteiger partial charge in [0.2, 0.25) is 0 Å². The number of benzene rings is 1. The first-order valence-corrected chi connectivity index (χ1v) is 8.05. The number of likely N-dealkylation sites (N-methyl/N-ethyl adjacent to an activating group) is 1. The number of hydrogen-bond acceptors (Lipinski definition) is 3. The molecule has 18 heavy (non-hydrogen) atoms. The van der Waals surface area contributed by atoms with E-state index in [-0.39, 0.29) is 0 Å². The molecule has 3 heteroatoms. The average molecular weight is 266 g/mol. The van der Waals surface area contributed by atoms with E-state index in [0.717, 1.165) is 19.5 Å². The van der Waals surface area contributed by atoms with Crippen molar-refractivity contribution >= 4 is 11.8 Å². The molecule has 0 aliphatic rings. The van der Waals surface area contributed by atoms with Crippen LogP contribution in [-0.4, -0.2) is 44.1 Å². The lowest BCUT2D eigenvalue weighted by Crippen LogP contribution is -2.19. The second-order valence-electron chi connectivity index (χ2n) is 4.75. The third-order valence-electron chi connectivity index (χ3n) is 3.03. The lowest BCUT2D eigenvalue weighted by atomic mass is 10.1. The van der Waals surface area contributed by atoms with Gasteiger partial charge in [-0.1, -0.05) is 24.3 Å². The maximum atomic E-state index is 3.18. The lowest BCUT2D eigenvalue weighted by Gasteiger charge is -2.16. The summed E-state index contributed by atoms with van der Waals surface area (Å²) in [6, 6.07) is 9.02. The van der Waals surface area contributed by atoms with Gasteiger partial charge in [-0.05, 0) is 63.2 Å². The van der Waals surface area contributed by atoms with Crippen LogP contribution in [0.1, 0.15) is 17.5 Å². The highest BCUT2D eigenvalue weighted by Crippen LogP contribution is 2.08. The van der Waals surface area contributed by atoms with Gasteiger partial charge in [-0.15, -0.1) is 0 Å². The van der Waals surface area contributed by atoms with Crippen molar-refractivity contribution in [3.63, 3.8) is 0 Å². The summed E-state index contributed by atoms with van der Waals surface area (Å²) in [4.78, 5) is 2.40. The molecule has 0 spiro atoms. The summed E-state index contributed by atoms with van der Waals surface area (Å²) in [5.74, 6) is 1.26. The number of rotatable bonds is 9. The first-order chi connectivity index (χ1) is 8.76. The Morgan fingerprint density at radius 3 is 2.44 bits per heavy atom. The third kappa shape index (κ3) is 6.43. The number of hydrogen-bond donors (Lipinski definition) is 1. The molecule has 0 atom stereocenters. The Hall–Kier alpha value is -0.510. The molecule has 0 aliphatic carbocycles. The van der Waals surface area contributed by atoms with Gasteiger partial charge in [0.1, 0.15) is 0 Å². The zero-order valence-corrected chi connectivity index (χ0v) is 12.7. The van der Waals surface area contributed by atoms with Crippen molar-refractivity contribution in [1.82, 2.24) is 10.2 Å². The maximum Gasteiger partial charge on any atom is 0.0230 e. The van der Waals surface area contributed by atoms with Crippen LogP contribution in [0.2, 0.25) is 0 Å². The molecule has 2 nitrogen and oxygen atoms in total. The summed E-state index contributed by atoms with van der Waals surface area (Å²) in [5, 5.41) is 3.18. The number of nitrogens with zero attached hydrogens (tertiary/aromatic N) is 1. The minimum Gasteiger partial charge on any atom is -0.319 e. The fraction of sp³-hybridized carbons (Fsp3) is 0.600. The molecule has 0 aromatic heterocycles. The smallest absolute Gasteiger partial charge is 0.0230 e. The molecule has 1 rings (SSSR count). The molecule has 0 amide bonds. The first kappa shape index (κ1) is 15.5. The largest absolute Gasteiger partial charge is 0.319 e. The van der Waals surface area contributed by atoms with Crippen molar-refractivity contribution in [2.75, 3.05) is 39.2 Å². The van der Waals surface area contributed by atoms with Crippen LogP contribution >= 0.6 is 11.8 Å². The van der Waals surface area contributed by atoms with Gasteiger partial charge in [-0.25, -0.2) is 0 Å². The van der Waals surface area contributed by atoms with Gasteiger partial charge in [0.05, 0.1) is 0 Å². The molecule has 1 N–H and O–H groups in total. The Morgan fingerprint density at radius 1 is 1.17 bits per heavy atom. The molecule has 0 heterocycles. The Labute approximate surface area is 116 Å². The Balaban J connectivity index is 2.33. The normalized spacial score (nSPS) is 11.1. The summed E-state index contributed by atoms with van der Waals surface area (Å²) in [5.41, 5.74) is 2.83. The van der Waals surface area contributed by atoms with Crippen LogP contribution in [0.25, 0.3) is 0 Å². The van der Waals surface area contributed by atoms with Crippen LogP contribution in [0, 0.1) is 0 Å². The maximum absolute atomic E-state index is 3.18. The summed E-state index contributed by atoms with van der Waals surface area (Å²) in [6.07, 6.45) is 4.56. The van der Waals surface area contributed by atoms with Crippen LogP contribution in [0.5, 0.6) is 0 Å². The molecule has 0 bridgehead atoms. The van der Waals surface area contributed by atoms with E-state index >= 15 is 0 Å². The number of nitrogens with one attached hydrogen (secondary N) is 1. The van der Waals surface area contributed by atoms with E-state index in [4.69, 9.17) is 0 Å². The van der Waals surface area contributed by atoms with Gasteiger partial charge in [-0.2, -0.15) is 11.8 Å². The second kappa shape index (κ2) is 9.42. The van der Waals surface area contributed by atoms with E-state index in [0.29, 0.717) is 0 Å². The molecule has 0 radical (unpaired) electrons. The second-order valence-corrected chi connectivity index (χ2v) is 5.74. The van der Waals surface area contributed by atoms with E-state index < -0.39 is 0 Å². The van der Waals surface area contributed by atoms with Crippen LogP contribution in [0.3, 0.4) is 0 Å². The highest BCUT2D eigenvalue weighted by molar-refractivity contribution is 7.98. The molecular formula is C15H26N2S. The van der Waals surface area contributed by atoms with Gasteiger partial charge in [0, 0.05) is 6.54 Å². The van der Waals surface area contributed by atoms with Gasteiger partial charge < -0.3 is 10.2 Å². The first-order valence-electron chi connectivity index (χ1n) is 6.66. The Bertz CT molecular complexity index is 311. The molecule has 102 valence electrons. The summed E-state index contributed by atoms with van der Waals surface area (Å²) < 4.78 is 0. The summed E-state index contributed by atoms with van der Waals surface area (Å²) in [6.45, 7) is 3.29. The highest BCUT2D eigenvalue weighted by Gasteiger charge is 2.00. The molecule has 0 aliphatic heterocycles. The predicted molar refractivity (Wildman–Crippen MR) is 83.4 cm³/mol. The molecule has 0 saturated carbocycles. The van der Waals surface area contributed by atoms with Crippen molar-refractivity contribution in [2.24, 2.45) is 0 Å². The van der Waals surface area contributed by atoms with Crippen LogP contribution in [0.15, 0.2) is 24.3 Å². The van der Waals surface area contributed by atoms with Gasteiger partial charge >= 0.3 is 0 Å². The van der Waals surface area contributed by atoms with E-state index in [1.807, 2.05) is 18.8 Å². The number of thioether (sulfide) groups is 1. The Kier molecular flexibility index (Phi) is 8.14. The van der Waals surface area contributed by atoms with Gasteiger partial charge in [0.15, 0.2) is 0 Å². The quantitative estimate of drug-likeness (QED) is 0.692. The SMILES string of the molecule is CNCCc1ccc(CN(C)CCCSC)cc1. The molecule has 0 unspecified atom stereocenters. The van der Waals surface area contributed by atoms with E-state index in [2.05, 4.69) is 47.8 Å². The van der Waals surface area contributed by atoms with E-state index in [9.17, 15) is 0 Å².